The Kier molecular flexibility index (Phi) is 5.01. The Labute approximate surface area is 90.1 Å². The number of likely N-dealkylation sites (N-methyl/N-ethyl adjacent to an activating group) is 1. The van der Waals surface area contributed by atoms with Crippen molar-refractivity contribution in [1.29, 1.82) is 0 Å². The lowest BCUT2D eigenvalue weighted by Crippen LogP contribution is -2.56. The van der Waals surface area contributed by atoms with Crippen LogP contribution in [-0.2, 0) is 4.79 Å². The van der Waals surface area contributed by atoms with Gasteiger partial charge in [0.2, 0.25) is 5.91 Å². The topological polar surface area (TPSA) is 72.8 Å². The number of hydrogen-bond donors (Lipinski definition) is 3. The van der Waals surface area contributed by atoms with Gasteiger partial charge in [-0.25, -0.2) is 0 Å². The van der Waals surface area contributed by atoms with Crippen molar-refractivity contribution in [3.05, 3.63) is 0 Å². The lowest BCUT2D eigenvalue weighted by molar-refractivity contribution is -0.140. The molecular formula is C10H20N2O3. The number of carbonyl (C=O) groups is 1. The fourth-order valence-electron chi connectivity index (χ4n) is 1.95. The monoisotopic (exact) mass is 216 g/mol. The maximum Gasteiger partial charge on any atom is 0.240 e. The molecular weight excluding hydrogens is 196 g/mol. The molecule has 0 aliphatic carbocycles. The van der Waals surface area contributed by atoms with Crippen molar-refractivity contribution in [2.75, 3.05) is 26.3 Å². The molecule has 1 atom stereocenters. The third-order valence-electron chi connectivity index (χ3n) is 2.79. The van der Waals surface area contributed by atoms with Gasteiger partial charge in [-0.05, 0) is 19.4 Å². The largest absolute Gasteiger partial charge is 0.394 e. The summed E-state index contributed by atoms with van der Waals surface area (Å²) in [6.45, 7) is 2.99. The van der Waals surface area contributed by atoms with E-state index in [2.05, 4.69) is 5.32 Å². The Morgan fingerprint density at radius 2 is 2.20 bits per heavy atom. The second-order valence-electron chi connectivity index (χ2n) is 3.80. The van der Waals surface area contributed by atoms with Crippen LogP contribution in [0.4, 0.5) is 0 Å². The number of aliphatic hydroxyl groups excluding tert-OH is 2. The van der Waals surface area contributed by atoms with E-state index >= 15 is 0 Å². The zero-order valence-electron chi connectivity index (χ0n) is 9.15. The summed E-state index contributed by atoms with van der Waals surface area (Å²) in [7, 11) is 0. The van der Waals surface area contributed by atoms with Gasteiger partial charge >= 0.3 is 0 Å². The SMILES string of the molecule is CCNC1CCCN(C(CO)CO)C1=O. The molecule has 15 heavy (non-hydrogen) atoms. The molecule has 1 saturated heterocycles. The van der Waals surface area contributed by atoms with Crippen LogP contribution < -0.4 is 5.32 Å². The minimum atomic E-state index is -0.445. The van der Waals surface area contributed by atoms with E-state index in [0.717, 1.165) is 19.4 Å². The van der Waals surface area contributed by atoms with Crippen LogP contribution in [0.5, 0.6) is 0 Å². The van der Waals surface area contributed by atoms with Gasteiger partial charge < -0.3 is 20.4 Å². The standard InChI is InChI=1S/C10H20N2O3/c1-2-11-9-4-3-5-12(10(9)15)8(6-13)7-14/h8-9,11,13-14H,2-7H2,1H3. The van der Waals surface area contributed by atoms with Crippen molar-refractivity contribution < 1.29 is 15.0 Å². The smallest absolute Gasteiger partial charge is 0.240 e. The summed E-state index contributed by atoms with van der Waals surface area (Å²) < 4.78 is 0. The summed E-state index contributed by atoms with van der Waals surface area (Å²) in [6.07, 6.45) is 1.76. The Bertz CT molecular complexity index is 205. The molecule has 88 valence electrons. The van der Waals surface area contributed by atoms with Crippen molar-refractivity contribution >= 4 is 5.91 Å². The molecule has 0 saturated carbocycles. The first-order chi connectivity index (χ1) is 7.24. The van der Waals surface area contributed by atoms with Crippen LogP contribution in [0.25, 0.3) is 0 Å². The fraction of sp³-hybridized carbons (Fsp3) is 0.900. The van der Waals surface area contributed by atoms with Gasteiger partial charge in [0.15, 0.2) is 0 Å². The Balaban J connectivity index is 2.61. The van der Waals surface area contributed by atoms with Crippen molar-refractivity contribution in [3.63, 3.8) is 0 Å². The van der Waals surface area contributed by atoms with Crippen LogP contribution in [0.15, 0.2) is 0 Å². The second kappa shape index (κ2) is 6.05. The second-order valence-corrected chi connectivity index (χ2v) is 3.80. The Hall–Kier alpha value is -0.650. The molecule has 0 radical (unpaired) electrons. The van der Waals surface area contributed by atoms with Crippen LogP contribution in [0.1, 0.15) is 19.8 Å². The van der Waals surface area contributed by atoms with Gasteiger partial charge in [-0.15, -0.1) is 0 Å². The molecule has 1 fully saturated rings. The molecule has 0 aromatic rings. The summed E-state index contributed by atoms with van der Waals surface area (Å²) >= 11 is 0. The highest BCUT2D eigenvalue weighted by Gasteiger charge is 2.31. The first-order valence-electron chi connectivity index (χ1n) is 5.50. The molecule has 3 N–H and O–H groups in total. The number of likely N-dealkylation sites (tertiary alicyclic amines) is 1. The summed E-state index contributed by atoms with van der Waals surface area (Å²) in [5, 5.41) is 21.2. The zero-order valence-corrected chi connectivity index (χ0v) is 9.15. The number of nitrogens with zero attached hydrogens (tertiary/aromatic N) is 1. The number of piperidine rings is 1. The first-order valence-corrected chi connectivity index (χ1v) is 5.50. The highest BCUT2D eigenvalue weighted by molar-refractivity contribution is 5.83. The van der Waals surface area contributed by atoms with Crippen LogP contribution in [0, 0.1) is 0 Å². The number of nitrogens with one attached hydrogen (secondary N) is 1. The molecule has 1 rings (SSSR count). The third-order valence-corrected chi connectivity index (χ3v) is 2.79. The first kappa shape index (κ1) is 12.4. The van der Waals surface area contributed by atoms with Crippen molar-refractivity contribution in [3.8, 4) is 0 Å². The summed E-state index contributed by atoms with van der Waals surface area (Å²) in [5.41, 5.74) is 0. The van der Waals surface area contributed by atoms with E-state index in [4.69, 9.17) is 10.2 Å². The molecule has 0 bridgehead atoms. The van der Waals surface area contributed by atoms with E-state index in [1.807, 2.05) is 6.92 Å². The number of rotatable bonds is 5. The predicted molar refractivity (Wildman–Crippen MR) is 56.4 cm³/mol. The number of amides is 1. The molecule has 0 spiro atoms. The van der Waals surface area contributed by atoms with E-state index in [1.165, 1.54) is 0 Å². The molecule has 0 aromatic carbocycles. The highest BCUT2D eigenvalue weighted by atomic mass is 16.3. The molecule has 1 unspecified atom stereocenters. The van der Waals surface area contributed by atoms with E-state index in [0.29, 0.717) is 6.54 Å². The van der Waals surface area contributed by atoms with Gasteiger partial charge in [0.1, 0.15) is 0 Å². The Morgan fingerprint density at radius 1 is 1.53 bits per heavy atom. The normalized spacial score (nSPS) is 22.5. The van der Waals surface area contributed by atoms with Gasteiger partial charge in [0.05, 0.1) is 25.3 Å². The molecule has 5 heteroatoms. The zero-order chi connectivity index (χ0) is 11.3. The number of carbonyl (C=O) groups excluding carboxylic acids is 1. The molecule has 5 nitrogen and oxygen atoms in total. The maximum absolute atomic E-state index is 11.9. The molecule has 1 heterocycles. The van der Waals surface area contributed by atoms with Crippen molar-refractivity contribution in [1.82, 2.24) is 10.2 Å². The summed E-state index contributed by atoms with van der Waals surface area (Å²) in [4.78, 5) is 13.5. The predicted octanol–water partition coefficient (Wildman–Crippen LogP) is -1.06. The average Bonchev–Trinajstić information content (AvgIpc) is 2.25. The molecule has 0 aromatic heterocycles. The van der Waals surface area contributed by atoms with Gasteiger partial charge in [-0.3, -0.25) is 4.79 Å². The van der Waals surface area contributed by atoms with Gasteiger partial charge in [-0.2, -0.15) is 0 Å². The fourth-order valence-corrected chi connectivity index (χ4v) is 1.95. The van der Waals surface area contributed by atoms with E-state index < -0.39 is 6.04 Å². The van der Waals surface area contributed by atoms with Crippen LogP contribution in [0.2, 0.25) is 0 Å². The van der Waals surface area contributed by atoms with Crippen LogP contribution in [0.3, 0.4) is 0 Å². The average molecular weight is 216 g/mol. The van der Waals surface area contributed by atoms with Gasteiger partial charge in [0.25, 0.3) is 0 Å². The van der Waals surface area contributed by atoms with Gasteiger partial charge in [-0.1, -0.05) is 6.92 Å². The number of aliphatic hydroxyl groups is 2. The van der Waals surface area contributed by atoms with Crippen LogP contribution in [-0.4, -0.2) is 59.4 Å². The minimum absolute atomic E-state index is 0.00352. The summed E-state index contributed by atoms with van der Waals surface area (Å²) in [6, 6.07) is -0.594. The number of hydrogen-bond acceptors (Lipinski definition) is 4. The van der Waals surface area contributed by atoms with Gasteiger partial charge in [0, 0.05) is 6.54 Å². The van der Waals surface area contributed by atoms with Crippen molar-refractivity contribution in [2.45, 2.75) is 31.8 Å². The highest BCUT2D eigenvalue weighted by Crippen LogP contribution is 2.14. The molecule has 1 amide bonds. The lowest BCUT2D eigenvalue weighted by atomic mass is 10.0. The molecule has 1 aliphatic rings. The van der Waals surface area contributed by atoms with Crippen LogP contribution >= 0.6 is 0 Å². The van der Waals surface area contributed by atoms with E-state index in [9.17, 15) is 4.79 Å². The summed E-state index contributed by atoms with van der Waals surface area (Å²) in [5.74, 6) is -0.00352. The third kappa shape index (κ3) is 2.90. The lowest BCUT2D eigenvalue weighted by Gasteiger charge is -2.36. The Morgan fingerprint density at radius 3 is 2.73 bits per heavy atom. The maximum atomic E-state index is 11.9. The quantitative estimate of drug-likeness (QED) is 0.548. The van der Waals surface area contributed by atoms with Crippen molar-refractivity contribution in [2.24, 2.45) is 0 Å². The minimum Gasteiger partial charge on any atom is -0.394 e. The molecule has 1 aliphatic heterocycles. The van der Waals surface area contributed by atoms with E-state index in [1.54, 1.807) is 4.90 Å². The van der Waals surface area contributed by atoms with E-state index in [-0.39, 0.29) is 25.2 Å².